The molecule has 0 aliphatic carbocycles. The Hall–Kier alpha value is -1.15. The number of hydrogen-bond acceptors (Lipinski definition) is 3. The first-order chi connectivity index (χ1) is 9.81. The molecule has 2 aromatic carbocycles. The Morgan fingerprint density at radius 2 is 1.90 bits per heavy atom. The average molecular weight is 406 g/mol. The standard InChI is InChI=1S/C13H10BrClN2O2S2/c14-12-10(15)5-2-6-11(12)17-21(18,19)9-4-1-3-8(7-9)13(16)20/h1-7,17H,(H2,16,20). The first-order valence-corrected chi connectivity index (χ1v) is 8.74. The molecule has 0 amide bonds. The van der Waals surface area contributed by atoms with Gasteiger partial charge in [-0.2, -0.15) is 0 Å². The third-order valence-electron chi connectivity index (χ3n) is 2.62. The summed E-state index contributed by atoms with van der Waals surface area (Å²) in [6.07, 6.45) is 0. The van der Waals surface area contributed by atoms with Crippen LogP contribution >= 0.6 is 39.7 Å². The Kier molecular flexibility index (Phi) is 4.88. The molecule has 0 saturated heterocycles. The Morgan fingerprint density at radius 1 is 1.24 bits per heavy atom. The van der Waals surface area contributed by atoms with Crippen LogP contribution in [0.1, 0.15) is 5.56 Å². The summed E-state index contributed by atoms with van der Waals surface area (Å²) >= 11 is 14.0. The SMILES string of the molecule is NC(=S)c1cccc(S(=O)(=O)Nc2cccc(Cl)c2Br)c1. The van der Waals surface area contributed by atoms with Crippen LogP contribution in [-0.2, 0) is 10.0 Å². The van der Waals surface area contributed by atoms with Crippen molar-refractivity contribution in [3.63, 3.8) is 0 Å². The molecule has 0 fully saturated rings. The molecule has 0 aliphatic heterocycles. The van der Waals surface area contributed by atoms with Crippen molar-refractivity contribution in [3.8, 4) is 0 Å². The third kappa shape index (κ3) is 3.74. The first kappa shape index (κ1) is 16.2. The molecule has 0 bridgehead atoms. The molecular formula is C13H10BrClN2O2S2. The summed E-state index contributed by atoms with van der Waals surface area (Å²) in [6, 6.07) is 11.0. The van der Waals surface area contributed by atoms with Crippen molar-refractivity contribution in [1.82, 2.24) is 0 Å². The van der Waals surface area contributed by atoms with Crippen molar-refractivity contribution in [1.29, 1.82) is 0 Å². The van der Waals surface area contributed by atoms with Crippen LogP contribution in [0.5, 0.6) is 0 Å². The summed E-state index contributed by atoms with van der Waals surface area (Å²) in [5.41, 5.74) is 6.35. The van der Waals surface area contributed by atoms with Crippen LogP contribution in [0, 0.1) is 0 Å². The van der Waals surface area contributed by atoms with E-state index in [1.807, 2.05) is 0 Å². The van der Waals surface area contributed by atoms with Crippen LogP contribution < -0.4 is 10.5 Å². The minimum Gasteiger partial charge on any atom is -0.389 e. The highest BCUT2D eigenvalue weighted by molar-refractivity contribution is 9.10. The van der Waals surface area contributed by atoms with E-state index in [4.69, 9.17) is 29.6 Å². The highest BCUT2D eigenvalue weighted by Gasteiger charge is 2.17. The van der Waals surface area contributed by atoms with Crippen LogP contribution in [0.2, 0.25) is 5.02 Å². The van der Waals surface area contributed by atoms with E-state index in [0.29, 0.717) is 20.7 Å². The van der Waals surface area contributed by atoms with Crippen molar-refractivity contribution in [2.45, 2.75) is 4.90 Å². The van der Waals surface area contributed by atoms with Gasteiger partial charge >= 0.3 is 0 Å². The lowest BCUT2D eigenvalue weighted by Gasteiger charge is -2.11. The number of halogens is 2. The highest BCUT2D eigenvalue weighted by atomic mass is 79.9. The molecule has 0 radical (unpaired) electrons. The average Bonchev–Trinajstić information content (AvgIpc) is 2.44. The van der Waals surface area contributed by atoms with Gasteiger partial charge in [-0.15, -0.1) is 0 Å². The lowest BCUT2D eigenvalue weighted by atomic mass is 10.2. The number of benzene rings is 2. The molecule has 0 heterocycles. The number of hydrogen-bond donors (Lipinski definition) is 2. The van der Waals surface area contributed by atoms with Crippen LogP contribution in [0.4, 0.5) is 5.69 Å². The maximum Gasteiger partial charge on any atom is 0.261 e. The largest absolute Gasteiger partial charge is 0.389 e. The molecule has 8 heteroatoms. The summed E-state index contributed by atoms with van der Waals surface area (Å²) in [5, 5.41) is 0.409. The van der Waals surface area contributed by atoms with Gasteiger partial charge in [-0.25, -0.2) is 8.42 Å². The normalized spacial score (nSPS) is 11.1. The van der Waals surface area contributed by atoms with Crippen LogP contribution in [0.3, 0.4) is 0 Å². The molecule has 0 aromatic heterocycles. The summed E-state index contributed by atoms with van der Waals surface area (Å²) < 4.78 is 27.7. The Morgan fingerprint density at radius 3 is 2.57 bits per heavy atom. The van der Waals surface area contributed by atoms with Crippen LogP contribution in [-0.4, -0.2) is 13.4 Å². The Bertz CT molecular complexity index is 810. The van der Waals surface area contributed by atoms with Crippen molar-refractivity contribution in [2.24, 2.45) is 5.73 Å². The molecule has 0 atom stereocenters. The highest BCUT2D eigenvalue weighted by Crippen LogP contribution is 2.31. The molecule has 0 unspecified atom stereocenters. The Labute approximate surface area is 141 Å². The van der Waals surface area contributed by atoms with Gasteiger partial charge in [0.1, 0.15) is 4.99 Å². The van der Waals surface area contributed by atoms with Crippen LogP contribution in [0.15, 0.2) is 51.8 Å². The minimum absolute atomic E-state index is 0.0691. The fourth-order valence-electron chi connectivity index (χ4n) is 1.60. The van der Waals surface area contributed by atoms with Gasteiger partial charge in [-0.05, 0) is 40.2 Å². The van der Waals surface area contributed by atoms with E-state index in [1.54, 1.807) is 30.3 Å². The summed E-state index contributed by atoms with van der Waals surface area (Å²) in [5.74, 6) is 0. The van der Waals surface area contributed by atoms with E-state index < -0.39 is 10.0 Å². The molecule has 3 N–H and O–H groups in total. The minimum atomic E-state index is -3.76. The van der Waals surface area contributed by atoms with E-state index in [9.17, 15) is 8.42 Å². The molecule has 2 rings (SSSR count). The van der Waals surface area contributed by atoms with Gasteiger partial charge in [0.05, 0.1) is 20.1 Å². The van der Waals surface area contributed by atoms with E-state index in [2.05, 4.69) is 20.7 Å². The topological polar surface area (TPSA) is 72.2 Å². The fourth-order valence-corrected chi connectivity index (χ4v) is 3.52. The lowest BCUT2D eigenvalue weighted by molar-refractivity contribution is 0.601. The second-order valence-electron chi connectivity index (χ2n) is 4.10. The van der Waals surface area contributed by atoms with Crippen molar-refractivity contribution < 1.29 is 8.42 Å². The maximum atomic E-state index is 12.4. The molecule has 0 aliphatic rings. The van der Waals surface area contributed by atoms with Gasteiger partial charge < -0.3 is 5.73 Å². The van der Waals surface area contributed by atoms with E-state index in [-0.39, 0.29) is 9.88 Å². The number of thiocarbonyl (C=S) groups is 1. The number of nitrogens with one attached hydrogen (secondary N) is 1. The van der Waals surface area contributed by atoms with Gasteiger partial charge in [-0.3, -0.25) is 4.72 Å². The molecular weight excluding hydrogens is 396 g/mol. The summed E-state index contributed by atoms with van der Waals surface area (Å²) in [4.78, 5) is 0.204. The fraction of sp³-hybridized carbons (Fsp3) is 0. The zero-order valence-electron chi connectivity index (χ0n) is 10.5. The van der Waals surface area contributed by atoms with E-state index in [1.165, 1.54) is 12.1 Å². The zero-order chi connectivity index (χ0) is 15.6. The summed E-state index contributed by atoms with van der Waals surface area (Å²) in [6.45, 7) is 0. The maximum absolute atomic E-state index is 12.4. The summed E-state index contributed by atoms with van der Waals surface area (Å²) in [7, 11) is -3.76. The second kappa shape index (κ2) is 6.31. The molecule has 4 nitrogen and oxygen atoms in total. The zero-order valence-corrected chi connectivity index (χ0v) is 14.5. The van der Waals surface area contributed by atoms with Crippen molar-refractivity contribution in [2.75, 3.05) is 4.72 Å². The Balaban J connectivity index is 2.41. The van der Waals surface area contributed by atoms with Crippen LogP contribution in [0.25, 0.3) is 0 Å². The van der Waals surface area contributed by atoms with Gasteiger partial charge in [-0.1, -0.05) is 42.0 Å². The monoisotopic (exact) mass is 404 g/mol. The number of rotatable bonds is 4. The predicted octanol–water partition coefficient (Wildman–Crippen LogP) is 3.54. The molecule has 21 heavy (non-hydrogen) atoms. The van der Waals surface area contributed by atoms with Gasteiger partial charge in [0.2, 0.25) is 0 Å². The molecule has 0 saturated carbocycles. The van der Waals surface area contributed by atoms with E-state index >= 15 is 0 Å². The first-order valence-electron chi connectivity index (χ1n) is 5.68. The smallest absolute Gasteiger partial charge is 0.261 e. The van der Waals surface area contributed by atoms with Crippen molar-refractivity contribution >= 4 is 60.4 Å². The third-order valence-corrected chi connectivity index (χ3v) is 5.62. The van der Waals surface area contributed by atoms with Gasteiger partial charge in [0, 0.05) is 5.56 Å². The quantitative estimate of drug-likeness (QED) is 0.763. The van der Waals surface area contributed by atoms with Gasteiger partial charge in [0.25, 0.3) is 10.0 Å². The van der Waals surface area contributed by atoms with Gasteiger partial charge in [0.15, 0.2) is 0 Å². The number of sulfonamides is 1. The number of anilines is 1. The predicted molar refractivity (Wildman–Crippen MR) is 92.3 cm³/mol. The molecule has 0 spiro atoms. The number of nitrogens with two attached hydrogens (primary N) is 1. The lowest BCUT2D eigenvalue weighted by Crippen LogP contribution is -2.15. The molecule has 110 valence electrons. The van der Waals surface area contributed by atoms with E-state index in [0.717, 1.165) is 0 Å². The molecule has 2 aromatic rings. The van der Waals surface area contributed by atoms with Crippen molar-refractivity contribution in [3.05, 3.63) is 57.5 Å². The second-order valence-corrected chi connectivity index (χ2v) is 7.42.